The minimum atomic E-state index is -0.499. The zero-order valence-electron chi connectivity index (χ0n) is 13.0. The number of rotatable bonds is 3. The van der Waals surface area contributed by atoms with Gasteiger partial charge in [0.05, 0.1) is 11.1 Å². The van der Waals surface area contributed by atoms with E-state index in [-0.39, 0.29) is 0 Å². The van der Waals surface area contributed by atoms with Crippen LogP contribution in [-0.4, -0.2) is 11.0 Å². The largest absolute Gasteiger partial charge is 0.423 e. The summed E-state index contributed by atoms with van der Waals surface area (Å²) in [5, 5.41) is 0.473. The first-order valence-electron chi connectivity index (χ1n) is 7.46. The predicted molar refractivity (Wildman–Crippen MR) is 87.2 cm³/mol. The Bertz CT molecular complexity index is 875. The first kappa shape index (κ1) is 15.2. The Morgan fingerprint density at radius 3 is 2.61 bits per heavy atom. The van der Waals surface area contributed by atoms with Crippen LogP contribution in [0, 0.1) is 12.7 Å². The average Bonchev–Trinajstić information content (AvgIpc) is 2.55. The predicted octanol–water partition coefficient (Wildman–Crippen LogP) is 4.46. The zero-order chi connectivity index (χ0) is 16.4. The van der Waals surface area contributed by atoms with Gasteiger partial charge in [-0.2, -0.15) is 0 Å². The van der Waals surface area contributed by atoms with Gasteiger partial charge >= 0.3 is 5.97 Å². The molecule has 0 fully saturated rings. The molecule has 0 saturated carbocycles. The van der Waals surface area contributed by atoms with Crippen LogP contribution in [-0.2, 0) is 6.42 Å². The summed E-state index contributed by atoms with van der Waals surface area (Å²) in [5.74, 6) is -0.450. The molecule has 0 spiro atoms. The fourth-order valence-corrected chi connectivity index (χ4v) is 2.64. The highest BCUT2D eigenvalue weighted by atomic mass is 19.1. The van der Waals surface area contributed by atoms with Gasteiger partial charge < -0.3 is 4.74 Å². The molecule has 3 nitrogen and oxygen atoms in total. The van der Waals surface area contributed by atoms with Gasteiger partial charge in [-0.15, -0.1) is 0 Å². The van der Waals surface area contributed by atoms with Crippen molar-refractivity contribution in [3.63, 3.8) is 0 Å². The molecule has 4 heteroatoms. The minimum absolute atomic E-state index is 0.371. The highest BCUT2D eigenvalue weighted by Gasteiger charge is 2.19. The van der Waals surface area contributed by atoms with Crippen LogP contribution in [0.2, 0.25) is 0 Å². The summed E-state index contributed by atoms with van der Waals surface area (Å²) in [6, 6.07) is 13.1. The Balaban J connectivity index is 2.16. The van der Waals surface area contributed by atoms with Gasteiger partial charge in [0.15, 0.2) is 0 Å². The molecule has 3 aromatic rings. The maximum absolute atomic E-state index is 13.6. The summed E-state index contributed by atoms with van der Waals surface area (Å²) in [5.41, 5.74) is 2.50. The average molecular weight is 309 g/mol. The molecule has 2 aromatic carbocycles. The molecule has 0 saturated heterocycles. The first-order valence-corrected chi connectivity index (χ1v) is 7.46. The second kappa shape index (κ2) is 6.16. The third-order valence-corrected chi connectivity index (χ3v) is 3.78. The number of esters is 1. The smallest absolute Gasteiger partial charge is 0.344 e. The lowest BCUT2D eigenvalue weighted by atomic mass is 10.00. The van der Waals surface area contributed by atoms with E-state index in [2.05, 4.69) is 4.98 Å². The summed E-state index contributed by atoms with van der Waals surface area (Å²) >= 11 is 0. The Labute approximate surface area is 133 Å². The number of hydrogen-bond donors (Lipinski definition) is 0. The molecule has 0 aliphatic rings. The highest BCUT2D eigenvalue weighted by molar-refractivity contribution is 6.05. The monoisotopic (exact) mass is 309 g/mol. The van der Waals surface area contributed by atoms with Crippen molar-refractivity contribution in [1.82, 2.24) is 4.98 Å². The lowest BCUT2D eigenvalue weighted by Crippen LogP contribution is -2.13. The van der Waals surface area contributed by atoms with E-state index in [1.165, 1.54) is 12.1 Å². The van der Waals surface area contributed by atoms with E-state index >= 15 is 0 Å². The molecule has 0 N–H and O–H groups in total. The van der Waals surface area contributed by atoms with Crippen LogP contribution in [0.15, 0.2) is 48.5 Å². The van der Waals surface area contributed by atoms with E-state index in [0.717, 1.165) is 11.3 Å². The molecule has 3 rings (SSSR count). The number of aryl methyl sites for hydroxylation is 1. The van der Waals surface area contributed by atoms with Crippen molar-refractivity contribution in [2.75, 3.05) is 0 Å². The third kappa shape index (κ3) is 2.93. The molecule has 23 heavy (non-hydrogen) atoms. The van der Waals surface area contributed by atoms with Crippen LogP contribution in [0.4, 0.5) is 4.39 Å². The van der Waals surface area contributed by atoms with E-state index in [0.29, 0.717) is 28.6 Å². The molecule has 0 amide bonds. The number of aromatic nitrogens is 1. The Hall–Kier alpha value is -2.75. The van der Waals surface area contributed by atoms with Crippen molar-refractivity contribution in [3.05, 3.63) is 71.2 Å². The molecule has 0 unspecified atom stereocenters. The van der Waals surface area contributed by atoms with Crippen molar-refractivity contribution in [3.8, 4) is 5.75 Å². The molecule has 0 bridgehead atoms. The van der Waals surface area contributed by atoms with Crippen molar-refractivity contribution in [2.24, 2.45) is 0 Å². The maximum Gasteiger partial charge on any atom is 0.344 e. The molecule has 116 valence electrons. The van der Waals surface area contributed by atoms with Crippen LogP contribution in [0.1, 0.15) is 28.5 Å². The van der Waals surface area contributed by atoms with Crippen molar-refractivity contribution in [2.45, 2.75) is 20.3 Å². The van der Waals surface area contributed by atoms with E-state index in [1.54, 1.807) is 30.3 Å². The van der Waals surface area contributed by atoms with Gasteiger partial charge in [0.25, 0.3) is 0 Å². The molecule has 0 radical (unpaired) electrons. The number of pyridine rings is 1. The number of nitrogens with zero attached hydrogens (tertiary/aromatic N) is 1. The summed E-state index contributed by atoms with van der Waals surface area (Å²) < 4.78 is 19.1. The summed E-state index contributed by atoms with van der Waals surface area (Å²) in [6.45, 7) is 3.79. The zero-order valence-corrected chi connectivity index (χ0v) is 13.0. The van der Waals surface area contributed by atoms with E-state index < -0.39 is 11.8 Å². The van der Waals surface area contributed by atoms with Gasteiger partial charge in [0.2, 0.25) is 0 Å². The number of carbonyl (C=O) groups excluding carboxylic acids is 1. The standard InChI is InChI=1S/C19H16FNO2/c1-3-16-12(2)18(15-11-13(20)9-10-17(15)21-16)19(22)23-14-7-5-4-6-8-14/h4-11H,3H2,1-2H3. The number of carbonyl (C=O) groups is 1. The van der Waals surface area contributed by atoms with Gasteiger partial charge in [-0.25, -0.2) is 9.18 Å². The lowest BCUT2D eigenvalue weighted by Gasteiger charge is -2.13. The Morgan fingerprint density at radius 1 is 1.17 bits per heavy atom. The normalized spacial score (nSPS) is 10.7. The number of ether oxygens (including phenoxy) is 1. The number of benzene rings is 2. The Morgan fingerprint density at radius 2 is 1.91 bits per heavy atom. The molecule has 1 heterocycles. The van der Waals surface area contributed by atoms with Crippen LogP contribution < -0.4 is 4.74 Å². The van der Waals surface area contributed by atoms with Crippen LogP contribution >= 0.6 is 0 Å². The van der Waals surface area contributed by atoms with Gasteiger partial charge in [-0.05, 0) is 49.2 Å². The van der Waals surface area contributed by atoms with Crippen LogP contribution in [0.5, 0.6) is 5.75 Å². The van der Waals surface area contributed by atoms with Gasteiger partial charge in [0.1, 0.15) is 11.6 Å². The second-order valence-corrected chi connectivity index (χ2v) is 5.28. The molecule has 0 aliphatic heterocycles. The van der Waals surface area contributed by atoms with Gasteiger partial charge in [0, 0.05) is 11.1 Å². The molecule has 0 aliphatic carbocycles. The number of para-hydroxylation sites is 1. The molecule has 0 atom stereocenters. The fraction of sp³-hybridized carbons (Fsp3) is 0.158. The van der Waals surface area contributed by atoms with Crippen molar-refractivity contribution in [1.29, 1.82) is 0 Å². The number of fused-ring (bicyclic) bond motifs is 1. The van der Waals surface area contributed by atoms with E-state index in [1.807, 2.05) is 19.9 Å². The van der Waals surface area contributed by atoms with Gasteiger partial charge in [-0.1, -0.05) is 25.1 Å². The van der Waals surface area contributed by atoms with Crippen LogP contribution in [0.3, 0.4) is 0 Å². The molecule has 1 aromatic heterocycles. The van der Waals surface area contributed by atoms with Crippen molar-refractivity contribution >= 4 is 16.9 Å². The minimum Gasteiger partial charge on any atom is -0.423 e. The van der Waals surface area contributed by atoms with E-state index in [9.17, 15) is 9.18 Å². The topological polar surface area (TPSA) is 39.2 Å². The summed E-state index contributed by atoms with van der Waals surface area (Å²) in [7, 11) is 0. The lowest BCUT2D eigenvalue weighted by molar-refractivity contribution is 0.0736. The van der Waals surface area contributed by atoms with E-state index in [4.69, 9.17) is 4.74 Å². The maximum atomic E-state index is 13.6. The Kier molecular flexibility index (Phi) is 4.06. The highest BCUT2D eigenvalue weighted by Crippen LogP contribution is 2.26. The third-order valence-electron chi connectivity index (χ3n) is 3.78. The molecular formula is C19H16FNO2. The van der Waals surface area contributed by atoms with Crippen molar-refractivity contribution < 1.29 is 13.9 Å². The second-order valence-electron chi connectivity index (χ2n) is 5.28. The molecular weight excluding hydrogens is 293 g/mol. The quantitative estimate of drug-likeness (QED) is 0.529. The fourth-order valence-electron chi connectivity index (χ4n) is 2.64. The number of hydrogen-bond acceptors (Lipinski definition) is 3. The first-order chi connectivity index (χ1) is 11.1. The van der Waals surface area contributed by atoms with Gasteiger partial charge in [-0.3, -0.25) is 4.98 Å². The van der Waals surface area contributed by atoms with Crippen LogP contribution in [0.25, 0.3) is 10.9 Å². The summed E-state index contributed by atoms with van der Waals surface area (Å²) in [6.07, 6.45) is 0.685. The summed E-state index contributed by atoms with van der Waals surface area (Å²) in [4.78, 5) is 17.2. The number of halogens is 1. The SMILES string of the molecule is CCc1nc2ccc(F)cc2c(C(=O)Oc2ccccc2)c1C.